The van der Waals surface area contributed by atoms with E-state index in [0.717, 1.165) is 0 Å². The van der Waals surface area contributed by atoms with Crippen molar-refractivity contribution in [2.75, 3.05) is 0 Å². The first-order valence-electron chi connectivity index (χ1n) is 3.75. The summed E-state index contributed by atoms with van der Waals surface area (Å²) in [6, 6.07) is 5.03. The Kier molecular flexibility index (Phi) is 2.68. The summed E-state index contributed by atoms with van der Waals surface area (Å²) in [6.45, 7) is 0. The molecule has 0 bridgehead atoms. The van der Waals surface area contributed by atoms with Crippen molar-refractivity contribution in [2.24, 2.45) is 0 Å². The van der Waals surface area contributed by atoms with E-state index in [1.54, 1.807) is 24.4 Å². The highest BCUT2D eigenvalue weighted by Crippen LogP contribution is 2.27. The van der Waals surface area contributed by atoms with Crippen LogP contribution in [0.2, 0.25) is 15.2 Å². The summed E-state index contributed by atoms with van der Waals surface area (Å²) < 4.78 is 1.51. The molecule has 2 nitrogen and oxygen atoms in total. The first-order valence-corrected chi connectivity index (χ1v) is 4.89. The highest BCUT2D eigenvalue weighted by Gasteiger charge is 2.10. The van der Waals surface area contributed by atoms with Crippen LogP contribution in [0.25, 0.3) is 5.82 Å². The third-order valence-corrected chi connectivity index (χ3v) is 2.72. The zero-order valence-corrected chi connectivity index (χ0v) is 9.11. The van der Waals surface area contributed by atoms with E-state index in [0.29, 0.717) is 21.0 Å². The summed E-state index contributed by atoms with van der Waals surface area (Å²) >= 11 is 17.6. The Balaban J connectivity index is 2.60. The molecule has 14 heavy (non-hydrogen) atoms. The molecule has 0 saturated carbocycles. The fraction of sp³-hybridized carbons (Fsp3) is 0. The van der Waals surface area contributed by atoms with Crippen molar-refractivity contribution in [1.82, 2.24) is 9.55 Å². The summed E-state index contributed by atoms with van der Waals surface area (Å²) in [4.78, 5) is 4.08. The molecule has 0 amide bonds. The van der Waals surface area contributed by atoms with Crippen molar-refractivity contribution < 1.29 is 0 Å². The van der Waals surface area contributed by atoms with Crippen molar-refractivity contribution in [1.29, 1.82) is 0 Å². The number of nitrogens with zero attached hydrogens (tertiary/aromatic N) is 2. The summed E-state index contributed by atoms with van der Waals surface area (Å²) in [5, 5.41) is 1.28. The Morgan fingerprint density at radius 3 is 2.57 bits per heavy atom. The number of rotatable bonds is 1. The maximum absolute atomic E-state index is 5.93. The molecule has 0 aliphatic carbocycles. The first kappa shape index (κ1) is 9.84. The van der Waals surface area contributed by atoms with Crippen molar-refractivity contribution >= 4 is 34.8 Å². The lowest BCUT2D eigenvalue weighted by Crippen LogP contribution is -1.96. The largest absolute Gasteiger partial charge is 0.280 e. The van der Waals surface area contributed by atoms with E-state index in [2.05, 4.69) is 11.2 Å². The van der Waals surface area contributed by atoms with Crippen LogP contribution in [0.3, 0.4) is 0 Å². The van der Waals surface area contributed by atoms with Crippen molar-refractivity contribution in [3.05, 3.63) is 45.8 Å². The van der Waals surface area contributed by atoms with Crippen LogP contribution in [0.4, 0.5) is 0 Å². The van der Waals surface area contributed by atoms with E-state index in [9.17, 15) is 0 Å². The SMILES string of the molecule is Clc1cccnc1-n1[c]cc(Cl)c1Cl. The lowest BCUT2D eigenvalue weighted by atomic mass is 10.4. The minimum atomic E-state index is 0.354. The van der Waals surface area contributed by atoms with Gasteiger partial charge < -0.3 is 0 Å². The predicted octanol–water partition coefficient (Wildman–Crippen LogP) is 3.63. The molecule has 0 fully saturated rings. The van der Waals surface area contributed by atoms with Gasteiger partial charge in [0.25, 0.3) is 0 Å². The highest BCUT2D eigenvalue weighted by molar-refractivity contribution is 6.41. The number of hydrogen-bond acceptors (Lipinski definition) is 1. The van der Waals surface area contributed by atoms with Crippen molar-refractivity contribution in [3.63, 3.8) is 0 Å². The molecule has 2 heterocycles. The van der Waals surface area contributed by atoms with Gasteiger partial charge in [-0.2, -0.15) is 0 Å². The molecule has 71 valence electrons. The Hall–Kier alpha value is -0.700. The Labute approximate surface area is 96.0 Å². The zero-order chi connectivity index (χ0) is 10.1. The van der Waals surface area contributed by atoms with Gasteiger partial charge in [-0.1, -0.05) is 34.8 Å². The summed E-state index contributed by atoms with van der Waals surface area (Å²) in [5.74, 6) is 0.520. The molecule has 2 rings (SSSR count). The van der Waals surface area contributed by atoms with Gasteiger partial charge in [0.15, 0.2) is 5.82 Å². The van der Waals surface area contributed by atoms with Gasteiger partial charge in [0.2, 0.25) is 0 Å². The molecule has 2 aromatic rings. The van der Waals surface area contributed by atoms with Gasteiger partial charge in [-0.05, 0) is 18.2 Å². The molecule has 2 aromatic heterocycles. The summed E-state index contributed by atoms with van der Waals surface area (Å²) in [6.07, 6.45) is 4.46. The van der Waals surface area contributed by atoms with Crippen LogP contribution in [0.1, 0.15) is 0 Å². The van der Waals surface area contributed by atoms with E-state index >= 15 is 0 Å². The number of halogens is 3. The average molecular weight is 247 g/mol. The second kappa shape index (κ2) is 3.81. The topological polar surface area (TPSA) is 17.8 Å². The maximum atomic E-state index is 5.93. The van der Waals surface area contributed by atoms with Crippen LogP contribution < -0.4 is 0 Å². The fourth-order valence-electron chi connectivity index (χ4n) is 1.04. The molecule has 0 atom stereocenters. The molecule has 5 heteroatoms. The number of aromatic nitrogens is 2. The van der Waals surface area contributed by atoms with Gasteiger partial charge >= 0.3 is 0 Å². The van der Waals surface area contributed by atoms with Gasteiger partial charge in [-0.15, -0.1) is 0 Å². The molecule has 0 spiro atoms. The van der Waals surface area contributed by atoms with Crippen LogP contribution in [-0.2, 0) is 0 Å². The molecule has 0 aromatic carbocycles. The predicted molar refractivity (Wildman–Crippen MR) is 57.4 cm³/mol. The van der Waals surface area contributed by atoms with Crippen LogP contribution in [0.5, 0.6) is 0 Å². The summed E-state index contributed by atoms with van der Waals surface area (Å²) in [5.41, 5.74) is 0. The standard InChI is InChI=1S/C9H4Cl3N2/c10-6-3-5-14(8(6)12)9-7(11)2-1-4-13-9/h1-4H. The Bertz CT molecular complexity index is 465. The first-order chi connectivity index (χ1) is 6.70. The van der Waals surface area contributed by atoms with Gasteiger partial charge in [0, 0.05) is 6.20 Å². The molecule has 0 N–H and O–H groups in total. The van der Waals surface area contributed by atoms with Crippen LogP contribution >= 0.6 is 34.8 Å². The van der Waals surface area contributed by atoms with E-state index in [1.807, 2.05) is 0 Å². The fourth-order valence-corrected chi connectivity index (χ4v) is 1.56. The van der Waals surface area contributed by atoms with Gasteiger partial charge in [-0.25, -0.2) is 4.98 Å². The average Bonchev–Trinajstić information content (AvgIpc) is 2.49. The van der Waals surface area contributed by atoms with Gasteiger partial charge in [0.05, 0.1) is 16.2 Å². The highest BCUT2D eigenvalue weighted by atomic mass is 35.5. The van der Waals surface area contributed by atoms with E-state index in [1.165, 1.54) is 4.57 Å². The number of hydrogen-bond donors (Lipinski definition) is 0. The molecule has 0 saturated heterocycles. The minimum absolute atomic E-state index is 0.354. The number of pyridine rings is 1. The van der Waals surface area contributed by atoms with E-state index < -0.39 is 0 Å². The van der Waals surface area contributed by atoms with E-state index in [4.69, 9.17) is 34.8 Å². The maximum Gasteiger partial charge on any atom is 0.157 e. The smallest absolute Gasteiger partial charge is 0.157 e. The van der Waals surface area contributed by atoms with Crippen molar-refractivity contribution in [3.8, 4) is 5.82 Å². The quantitative estimate of drug-likeness (QED) is 0.751. The Morgan fingerprint density at radius 2 is 2.00 bits per heavy atom. The van der Waals surface area contributed by atoms with Crippen LogP contribution in [0.15, 0.2) is 24.4 Å². The minimum Gasteiger partial charge on any atom is -0.280 e. The normalized spacial score (nSPS) is 10.5. The third kappa shape index (κ3) is 1.61. The molecular weight excluding hydrogens is 242 g/mol. The second-order valence-electron chi connectivity index (χ2n) is 2.56. The monoisotopic (exact) mass is 245 g/mol. The van der Waals surface area contributed by atoms with Gasteiger partial charge in [-0.3, -0.25) is 4.57 Å². The van der Waals surface area contributed by atoms with Gasteiger partial charge in [0.1, 0.15) is 5.15 Å². The van der Waals surface area contributed by atoms with Crippen LogP contribution in [-0.4, -0.2) is 9.55 Å². The zero-order valence-electron chi connectivity index (χ0n) is 6.84. The summed E-state index contributed by atoms with van der Waals surface area (Å²) in [7, 11) is 0. The lowest BCUT2D eigenvalue weighted by molar-refractivity contribution is 1.00. The molecule has 1 radical (unpaired) electrons. The molecule has 0 aliphatic rings. The second-order valence-corrected chi connectivity index (χ2v) is 3.73. The van der Waals surface area contributed by atoms with E-state index in [-0.39, 0.29) is 0 Å². The molecule has 0 unspecified atom stereocenters. The van der Waals surface area contributed by atoms with Crippen molar-refractivity contribution in [2.45, 2.75) is 0 Å². The Morgan fingerprint density at radius 1 is 1.21 bits per heavy atom. The molecular formula is C9H4Cl3N2. The molecule has 0 aliphatic heterocycles. The third-order valence-electron chi connectivity index (χ3n) is 1.66. The lowest BCUT2D eigenvalue weighted by Gasteiger charge is -2.04. The van der Waals surface area contributed by atoms with Crippen LogP contribution in [0, 0.1) is 6.20 Å².